The molecule has 1 aromatic rings. The van der Waals surface area contributed by atoms with Gasteiger partial charge in [0.2, 0.25) is 0 Å². The van der Waals surface area contributed by atoms with E-state index in [9.17, 15) is 0 Å². The molecule has 0 unspecified atom stereocenters. The van der Waals surface area contributed by atoms with Gasteiger partial charge in [0, 0.05) is 5.56 Å². The molecule has 1 rings (SSSR count). The highest BCUT2D eigenvalue weighted by Crippen LogP contribution is 2.26. The minimum Gasteiger partial charge on any atom is -0.496 e. The number of benzene rings is 1. The smallest absolute Gasteiger partial charge is 0.122 e. The summed E-state index contributed by atoms with van der Waals surface area (Å²) in [4.78, 5) is 0. The lowest BCUT2D eigenvalue weighted by Crippen LogP contribution is -2.10. The summed E-state index contributed by atoms with van der Waals surface area (Å²) in [6, 6.07) is 9.09. The molecule has 0 atom stereocenters. The molecule has 0 spiro atoms. The Labute approximate surface area is 80.7 Å². The van der Waals surface area contributed by atoms with Gasteiger partial charge in [0.15, 0.2) is 0 Å². The van der Waals surface area contributed by atoms with E-state index in [0.29, 0.717) is 0 Å². The third-order valence-electron chi connectivity index (χ3n) is 1.83. The second-order valence-corrected chi connectivity index (χ2v) is 4.45. The first-order chi connectivity index (χ1) is 6.03. The average Bonchev–Trinajstić information content (AvgIpc) is 2.02. The van der Waals surface area contributed by atoms with Crippen LogP contribution in [0.5, 0.6) is 5.75 Å². The van der Waals surface area contributed by atoms with Crippen LogP contribution in [-0.2, 0) is 6.42 Å². The standard InChI is InChI=1S/C12H17O/c1-12(2,3)9-10-7-5-6-8-11(10)13-4/h5-6,8H,9H2,1-4H3. The molecular weight excluding hydrogens is 160 g/mol. The van der Waals surface area contributed by atoms with Crippen molar-refractivity contribution in [2.24, 2.45) is 5.41 Å². The van der Waals surface area contributed by atoms with Crippen LogP contribution < -0.4 is 4.74 Å². The lowest BCUT2D eigenvalue weighted by molar-refractivity contribution is 0.378. The van der Waals surface area contributed by atoms with Crippen LogP contribution in [0.1, 0.15) is 26.3 Å². The zero-order chi connectivity index (χ0) is 9.90. The maximum Gasteiger partial charge on any atom is 0.122 e. The molecule has 0 fully saturated rings. The minimum absolute atomic E-state index is 0.283. The van der Waals surface area contributed by atoms with Gasteiger partial charge in [-0.2, -0.15) is 0 Å². The lowest BCUT2D eigenvalue weighted by Gasteiger charge is -2.19. The predicted molar refractivity (Wildman–Crippen MR) is 55.0 cm³/mol. The van der Waals surface area contributed by atoms with E-state index in [-0.39, 0.29) is 5.41 Å². The van der Waals surface area contributed by atoms with Crippen LogP contribution in [0.3, 0.4) is 0 Å². The Hall–Kier alpha value is -0.980. The summed E-state index contributed by atoms with van der Waals surface area (Å²) in [5.74, 6) is 0.942. The summed E-state index contributed by atoms with van der Waals surface area (Å²) in [5, 5.41) is 0. The van der Waals surface area contributed by atoms with Crippen molar-refractivity contribution in [3.05, 3.63) is 29.8 Å². The van der Waals surface area contributed by atoms with E-state index < -0.39 is 0 Å². The fourth-order valence-corrected chi connectivity index (χ4v) is 1.32. The molecule has 13 heavy (non-hydrogen) atoms. The number of hydrogen-bond acceptors (Lipinski definition) is 1. The summed E-state index contributed by atoms with van der Waals surface area (Å²) in [7, 11) is 1.70. The van der Waals surface area contributed by atoms with Gasteiger partial charge in [-0.1, -0.05) is 32.9 Å². The van der Waals surface area contributed by atoms with Crippen LogP contribution in [0.4, 0.5) is 0 Å². The van der Waals surface area contributed by atoms with Gasteiger partial charge >= 0.3 is 0 Å². The van der Waals surface area contributed by atoms with Crippen molar-refractivity contribution in [2.45, 2.75) is 27.2 Å². The van der Waals surface area contributed by atoms with Crippen molar-refractivity contribution in [3.8, 4) is 5.75 Å². The third-order valence-corrected chi connectivity index (χ3v) is 1.83. The molecule has 0 aliphatic heterocycles. The number of methoxy groups -OCH3 is 1. The van der Waals surface area contributed by atoms with Gasteiger partial charge in [0.25, 0.3) is 0 Å². The van der Waals surface area contributed by atoms with Gasteiger partial charge < -0.3 is 4.74 Å². The molecule has 0 bridgehead atoms. The SMILES string of the molecule is COc1ccc[c]c1CC(C)(C)C. The van der Waals surface area contributed by atoms with Crippen molar-refractivity contribution in [1.82, 2.24) is 0 Å². The molecule has 0 aliphatic carbocycles. The minimum atomic E-state index is 0.283. The van der Waals surface area contributed by atoms with E-state index >= 15 is 0 Å². The Balaban J connectivity index is 2.87. The van der Waals surface area contributed by atoms with Crippen LogP contribution in [0.15, 0.2) is 18.2 Å². The second kappa shape index (κ2) is 3.82. The first-order valence-corrected chi connectivity index (χ1v) is 4.56. The van der Waals surface area contributed by atoms with Crippen molar-refractivity contribution in [3.63, 3.8) is 0 Å². The fourth-order valence-electron chi connectivity index (χ4n) is 1.32. The Morgan fingerprint density at radius 3 is 2.62 bits per heavy atom. The van der Waals surface area contributed by atoms with Crippen LogP contribution in [-0.4, -0.2) is 7.11 Å². The van der Waals surface area contributed by atoms with E-state index in [4.69, 9.17) is 4.74 Å². The maximum atomic E-state index is 5.26. The second-order valence-electron chi connectivity index (χ2n) is 4.45. The first kappa shape index (κ1) is 10.1. The third kappa shape index (κ3) is 3.10. The Morgan fingerprint density at radius 1 is 1.38 bits per heavy atom. The lowest BCUT2D eigenvalue weighted by atomic mass is 9.88. The molecule has 0 amide bonds. The highest BCUT2D eigenvalue weighted by Gasteiger charge is 2.13. The Kier molecular flexibility index (Phi) is 2.97. The van der Waals surface area contributed by atoms with Crippen molar-refractivity contribution in [1.29, 1.82) is 0 Å². The topological polar surface area (TPSA) is 9.23 Å². The van der Waals surface area contributed by atoms with E-state index in [1.165, 1.54) is 0 Å². The fraction of sp³-hybridized carbons (Fsp3) is 0.500. The van der Waals surface area contributed by atoms with Crippen LogP contribution >= 0.6 is 0 Å². The summed E-state index contributed by atoms with van der Waals surface area (Å²) in [6.07, 6.45) is 0.997. The zero-order valence-corrected chi connectivity index (χ0v) is 8.85. The largest absolute Gasteiger partial charge is 0.496 e. The molecule has 0 aliphatic rings. The predicted octanol–water partition coefficient (Wildman–Crippen LogP) is 3.08. The molecule has 71 valence electrons. The van der Waals surface area contributed by atoms with Gasteiger partial charge in [0.1, 0.15) is 5.75 Å². The molecule has 1 heteroatoms. The quantitative estimate of drug-likeness (QED) is 0.674. The number of ether oxygens (including phenoxy) is 1. The summed E-state index contributed by atoms with van der Waals surface area (Å²) in [6.45, 7) is 6.65. The van der Waals surface area contributed by atoms with Gasteiger partial charge in [-0.25, -0.2) is 0 Å². The van der Waals surface area contributed by atoms with Gasteiger partial charge in [0.05, 0.1) is 7.11 Å². The molecule has 0 saturated heterocycles. The normalized spacial score (nSPS) is 11.4. The molecule has 0 aromatic heterocycles. The van der Waals surface area contributed by atoms with Crippen LogP contribution in [0.25, 0.3) is 0 Å². The van der Waals surface area contributed by atoms with Gasteiger partial charge in [-0.15, -0.1) is 0 Å². The average molecular weight is 177 g/mol. The molecule has 1 nitrogen and oxygen atoms in total. The molecule has 0 heterocycles. The maximum absolute atomic E-state index is 5.26. The first-order valence-electron chi connectivity index (χ1n) is 4.56. The van der Waals surface area contributed by atoms with Gasteiger partial charge in [-0.3, -0.25) is 0 Å². The number of rotatable bonds is 2. The molecular formula is C12H17O. The van der Waals surface area contributed by atoms with Crippen LogP contribution in [0, 0.1) is 11.5 Å². The van der Waals surface area contributed by atoms with E-state index in [2.05, 4.69) is 26.8 Å². The Bertz CT molecular complexity index is 271. The molecule has 1 radical (unpaired) electrons. The van der Waals surface area contributed by atoms with Crippen molar-refractivity contribution < 1.29 is 4.74 Å². The highest BCUT2D eigenvalue weighted by molar-refractivity contribution is 5.32. The number of hydrogen-bond donors (Lipinski definition) is 0. The highest BCUT2D eigenvalue weighted by atomic mass is 16.5. The Morgan fingerprint density at radius 2 is 2.08 bits per heavy atom. The summed E-state index contributed by atoms with van der Waals surface area (Å²) >= 11 is 0. The zero-order valence-electron chi connectivity index (χ0n) is 8.85. The summed E-state index contributed by atoms with van der Waals surface area (Å²) in [5.41, 5.74) is 1.45. The van der Waals surface area contributed by atoms with E-state index in [1.807, 2.05) is 18.2 Å². The molecule has 0 N–H and O–H groups in total. The van der Waals surface area contributed by atoms with Crippen molar-refractivity contribution >= 4 is 0 Å². The molecule has 1 aromatic carbocycles. The van der Waals surface area contributed by atoms with Crippen molar-refractivity contribution in [2.75, 3.05) is 7.11 Å². The molecule has 0 saturated carbocycles. The van der Waals surface area contributed by atoms with Crippen LogP contribution in [0.2, 0.25) is 0 Å². The van der Waals surface area contributed by atoms with E-state index in [0.717, 1.165) is 17.7 Å². The van der Waals surface area contributed by atoms with Gasteiger partial charge in [-0.05, 0) is 24.0 Å². The summed E-state index contributed by atoms with van der Waals surface area (Å²) < 4.78 is 5.26. The monoisotopic (exact) mass is 177 g/mol. The van der Waals surface area contributed by atoms with E-state index in [1.54, 1.807) is 7.11 Å².